The molecule has 146 valence electrons. The van der Waals surface area contributed by atoms with E-state index < -0.39 is 0 Å². The van der Waals surface area contributed by atoms with Crippen LogP contribution in [0.25, 0.3) is 22.0 Å². The fourth-order valence-electron chi connectivity index (χ4n) is 4.45. The number of para-hydroxylation sites is 1. The maximum absolute atomic E-state index is 13.4. The molecule has 0 bridgehead atoms. The van der Waals surface area contributed by atoms with Crippen molar-refractivity contribution >= 4 is 27.8 Å². The Bertz CT molecular complexity index is 1250. The third-order valence-corrected chi connectivity index (χ3v) is 5.82. The van der Waals surface area contributed by atoms with E-state index in [0.29, 0.717) is 11.1 Å². The number of fused-ring (bicyclic) bond motifs is 1. The molecule has 2 aromatic carbocycles. The van der Waals surface area contributed by atoms with Crippen molar-refractivity contribution in [2.75, 3.05) is 0 Å². The number of aliphatic hydroxyl groups is 1. The number of aliphatic hydroxyl groups excluding tert-OH is 1. The van der Waals surface area contributed by atoms with Crippen molar-refractivity contribution in [3.8, 4) is 0 Å². The molecule has 1 N–H and O–H groups in total. The minimum absolute atomic E-state index is 0.0679. The molecule has 3 heteroatoms. The van der Waals surface area contributed by atoms with Gasteiger partial charge in [-0.2, -0.15) is 0 Å². The zero-order valence-corrected chi connectivity index (χ0v) is 17.3. The second-order valence-corrected chi connectivity index (χ2v) is 7.62. The van der Waals surface area contributed by atoms with Gasteiger partial charge in [0.2, 0.25) is 5.78 Å². The van der Waals surface area contributed by atoms with E-state index in [0.717, 1.165) is 51.0 Å². The molecule has 4 rings (SSSR count). The average Bonchev–Trinajstić information content (AvgIpc) is 2.98. The summed E-state index contributed by atoms with van der Waals surface area (Å²) in [6, 6.07) is 15.9. The van der Waals surface area contributed by atoms with Gasteiger partial charge in [0, 0.05) is 28.7 Å². The van der Waals surface area contributed by atoms with Gasteiger partial charge in [-0.15, -0.1) is 0 Å². The van der Waals surface area contributed by atoms with Crippen LogP contribution in [0.3, 0.4) is 0 Å². The van der Waals surface area contributed by atoms with Crippen molar-refractivity contribution in [2.24, 2.45) is 0 Å². The van der Waals surface area contributed by atoms with Crippen LogP contribution >= 0.6 is 0 Å². The maximum atomic E-state index is 13.4. The van der Waals surface area contributed by atoms with Crippen LogP contribution in [0.1, 0.15) is 36.2 Å². The first-order valence-corrected chi connectivity index (χ1v) is 9.91. The smallest absolute Gasteiger partial charge is 0.201 e. The fourth-order valence-corrected chi connectivity index (χ4v) is 4.45. The molecule has 29 heavy (non-hydrogen) atoms. The fraction of sp³-hybridized carbons (Fsp3) is 0.192. The monoisotopic (exact) mass is 383 g/mol. The number of aryl methyl sites for hydroxylation is 2. The molecule has 0 aliphatic heterocycles. The first-order valence-electron chi connectivity index (χ1n) is 9.91. The van der Waals surface area contributed by atoms with Gasteiger partial charge in [0.1, 0.15) is 5.76 Å². The zero-order valence-electron chi connectivity index (χ0n) is 17.3. The summed E-state index contributed by atoms with van der Waals surface area (Å²) in [6.07, 6.45) is 0. The standard InChI is InChI=1S/C26H25NO2/c1-6-27-17(5)22(19-13-9-10-14-20(19)27)24-25(28)23(26(24)29)21(15(2)3)18-12-8-7-11-16(18)4/h7-14,28H,2,6H2,1,3-5H3/b23-21+. The van der Waals surface area contributed by atoms with Crippen LogP contribution in [0.5, 0.6) is 0 Å². The molecular formula is C26H25NO2. The highest BCUT2D eigenvalue weighted by Crippen LogP contribution is 2.46. The van der Waals surface area contributed by atoms with Crippen molar-refractivity contribution in [3.63, 3.8) is 0 Å². The van der Waals surface area contributed by atoms with Crippen LogP contribution in [0.2, 0.25) is 0 Å². The summed E-state index contributed by atoms with van der Waals surface area (Å²) in [5, 5.41) is 12.1. The number of ketones is 1. The number of Topliss-reactive ketones (excluding diaryl/α,β-unsaturated/α-hetero) is 1. The Hall–Kier alpha value is -3.33. The molecule has 1 aliphatic carbocycles. The molecular weight excluding hydrogens is 358 g/mol. The molecule has 3 nitrogen and oxygen atoms in total. The molecule has 0 spiro atoms. The highest BCUT2D eigenvalue weighted by atomic mass is 16.3. The van der Waals surface area contributed by atoms with Crippen LogP contribution in [0.15, 0.2) is 72.0 Å². The Labute approximate surface area is 171 Å². The molecule has 0 unspecified atom stereocenters. The van der Waals surface area contributed by atoms with Crippen LogP contribution in [0.4, 0.5) is 0 Å². The second-order valence-electron chi connectivity index (χ2n) is 7.62. The van der Waals surface area contributed by atoms with E-state index in [1.807, 2.05) is 63.2 Å². The number of aromatic nitrogens is 1. The predicted molar refractivity (Wildman–Crippen MR) is 120 cm³/mol. The average molecular weight is 383 g/mol. The lowest BCUT2D eigenvalue weighted by atomic mass is 9.76. The summed E-state index contributed by atoms with van der Waals surface area (Å²) >= 11 is 0. The van der Waals surface area contributed by atoms with Crippen LogP contribution in [-0.4, -0.2) is 15.5 Å². The van der Waals surface area contributed by atoms with Crippen LogP contribution in [0, 0.1) is 13.8 Å². The van der Waals surface area contributed by atoms with Gasteiger partial charge < -0.3 is 9.67 Å². The molecule has 3 aromatic rings. The summed E-state index contributed by atoms with van der Waals surface area (Å²) < 4.78 is 2.18. The van der Waals surface area contributed by atoms with Gasteiger partial charge in [-0.1, -0.05) is 49.0 Å². The lowest BCUT2D eigenvalue weighted by Crippen LogP contribution is -2.23. The maximum Gasteiger partial charge on any atom is 0.201 e. The van der Waals surface area contributed by atoms with Crippen molar-refractivity contribution < 1.29 is 9.90 Å². The summed E-state index contributed by atoms with van der Waals surface area (Å²) in [6.45, 7) is 12.9. The highest BCUT2D eigenvalue weighted by Gasteiger charge is 2.40. The Kier molecular flexibility index (Phi) is 4.54. The van der Waals surface area contributed by atoms with E-state index in [1.54, 1.807) is 0 Å². The minimum Gasteiger partial charge on any atom is -0.506 e. The van der Waals surface area contributed by atoms with E-state index in [9.17, 15) is 9.90 Å². The number of nitrogens with zero attached hydrogens (tertiary/aromatic N) is 1. The molecule has 0 atom stereocenters. The van der Waals surface area contributed by atoms with E-state index in [4.69, 9.17) is 0 Å². The number of allylic oxidation sites excluding steroid dienone is 4. The Morgan fingerprint density at radius 3 is 2.34 bits per heavy atom. The molecule has 0 fully saturated rings. The van der Waals surface area contributed by atoms with E-state index in [2.05, 4.69) is 24.1 Å². The number of benzene rings is 2. The highest BCUT2D eigenvalue weighted by molar-refractivity contribution is 6.43. The lowest BCUT2D eigenvalue weighted by molar-refractivity contribution is -0.111. The molecule has 0 amide bonds. The van der Waals surface area contributed by atoms with Gasteiger partial charge in [-0.25, -0.2) is 0 Å². The number of hydrogen-bond acceptors (Lipinski definition) is 2. The summed E-state index contributed by atoms with van der Waals surface area (Å²) in [4.78, 5) is 13.4. The van der Waals surface area contributed by atoms with Crippen molar-refractivity contribution in [3.05, 3.63) is 94.4 Å². The Morgan fingerprint density at radius 1 is 1.07 bits per heavy atom. The third-order valence-electron chi connectivity index (χ3n) is 5.82. The molecule has 0 radical (unpaired) electrons. The predicted octanol–water partition coefficient (Wildman–Crippen LogP) is 6.16. The first kappa shape index (κ1) is 19.0. The minimum atomic E-state index is -0.120. The van der Waals surface area contributed by atoms with Crippen molar-refractivity contribution in [1.82, 2.24) is 4.57 Å². The first-order chi connectivity index (χ1) is 13.9. The number of carbonyl (C=O) groups excluding carboxylic acids is 1. The van der Waals surface area contributed by atoms with Gasteiger partial charge >= 0.3 is 0 Å². The van der Waals surface area contributed by atoms with E-state index in [-0.39, 0.29) is 11.5 Å². The van der Waals surface area contributed by atoms with Gasteiger partial charge in [0.05, 0.1) is 11.1 Å². The molecule has 0 saturated carbocycles. The second kappa shape index (κ2) is 6.93. The normalized spacial score (nSPS) is 15.7. The molecule has 0 saturated heterocycles. The topological polar surface area (TPSA) is 42.2 Å². The van der Waals surface area contributed by atoms with Crippen molar-refractivity contribution in [2.45, 2.75) is 34.2 Å². The SMILES string of the molecule is C=C(C)/C(=C1\C(=O)C(c2c(C)n(CC)c3ccccc23)=C1O)c1ccccc1C. The molecule has 1 aliphatic rings. The van der Waals surface area contributed by atoms with Gasteiger partial charge in [-0.05, 0) is 56.0 Å². The Morgan fingerprint density at radius 2 is 1.72 bits per heavy atom. The zero-order chi connectivity index (χ0) is 20.9. The van der Waals surface area contributed by atoms with E-state index in [1.165, 1.54) is 0 Å². The number of carbonyl (C=O) groups is 1. The van der Waals surface area contributed by atoms with Gasteiger partial charge in [-0.3, -0.25) is 4.79 Å². The third kappa shape index (κ3) is 2.69. The molecule has 1 heterocycles. The molecule has 1 aromatic heterocycles. The number of rotatable bonds is 4. The Balaban J connectivity index is 2.00. The lowest BCUT2D eigenvalue weighted by Gasteiger charge is -2.26. The summed E-state index contributed by atoms with van der Waals surface area (Å²) in [5.41, 5.74) is 7.16. The number of hydrogen-bond donors (Lipinski definition) is 1. The van der Waals surface area contributed by atoms with Gasteiger partial charge in [0.15, 0.2) is 0 Å². The van der Waals surface area contributed by atoms with Crippen LogP contribution < -0.4 is 0 Å². The summed E-state index contributed by atoms with van der Waals surface area (Å²) in [5.74, 6) is -0.0516. The quantitative estimate of drug-likeness (QED) is 0.548. The largest absolute Gasteiger partial charge is 0.506 e. The van der Waals surface area contributed by atoms with E-state index >= 15 is 0 Å². The van der Waals surface area contributed by atoms with Gasteiger partial charge in [0.25, 0.3) is 0 Å². The summed E-state index contributed by atoms with van der Waals surface area (Å²) in [7, 11) is 0. The van der Waals surface area contributed by atoms with Crippen LogP contribution in [-0.2, 0) is 11.3 Å². The van der Waals surface area contributed by atoms with Crippen molar-refractivity contribution in [1.29, 1.82) is 0 Å².